The van der Waals surface area contributed by atoms with E-state index in [1.807, 2.05) is 32.0 Å². The number of phenolic OH excluding ortho intramolecular Hbond substituents is 1. The lowest BCUT2D eigenvalue weighted by Gasteiger charge is -2.01. The van der Waals surface area contributed by atoms with Crippen LogP contribution in [0, 0.1) is 13.8 Å². The van der Waals surface area contributed by atoms with Crippen LogP contribution in [0.25, 0.3) is 0 Å². The standard InChI is InChI=1S/C15H14N2O2/c1-10-3-4-11(2)14(7-10)17-16-13-5-6-15(19)12(8-13)9-18/h3-9,19H,1-2H3. The Balaban J connectivity index is 2.32. The summed E-state index contributed by atoms with van der Waals surface area (Å²) < 4.78 is 0. The van der Waals surface area contributed by atoms with Gasteiger partial charge in [0.1, 0.15) is 5.75 Å². The lowest BCUT2D eigenvalue weighted by Crippen LogP contribution is -1.80. The number of aldehydes is 1. The van der Waals surface area contributed by atoms with Crippen molar-refractivity contribution in [2.45, 2.75) is 13.8 Å². The molecule has 0 unspecified atom stereocenters. The van der Waals surface area contributed by atoms with Gasteiger partial charge in [0.15, 0.2) is 6.29 Å². The monoisotopic (exact) mass is 254 g/mol. The fraction of sp³-hybridized carbons (Fsp3) is 0.133. The number of carbonyl (C=O) groups excluding carboxylic acids is 1. The third kappa shape index (κ3) is 3.04. The molecule has 2 aromatic carbocycles. The Bertz CT molecular complexity index is 649. The van der Waals surface area contributed by atoms with Crippen molar-refractivity contribution >= 4 is 17.7 Å². The second-order valence-corrected chi connectivity index (χ2v) is 4.35. The molecule has 4 heteroatoms. The normalized spacial score (nSPS) is 10.8. The molecule has 0 fully saturated rings. The Kier molecular flexibility index (Phi) is 3.71. The van der Waals surface area contributed by atoms with E-state index in [2.05, 4.69) is 10.2 Å². The number of carbonyl (C=O) groups is 1. The number of aromatic hydroxyl groups is 1. The lowest BCUT2D eigenvalue weighted by atomic mass is 10.1. The van der Waals surface area contributed by atoms with Crippen molar-refractivity contribution in [3.63, 3.8) is 0 Å². The van der Waals surface area contributed by atoms with E-state index in [0.29, 0.717) is 12.0 Å². The molecule has 0 aliphatic carbocycles. The Morgan fingerprint density at radius 3 is 2.58 bits per heavy atom. The first-order valence-corrected chi connectivity index (χ1v) is 5.87. The number of azo groups is 1. The minimum Gasteiger partial charge on any atom is -0.507 e. The molecular weight excluding hydrogens is 240 g/mol. The van der Waals surface area contributed by atoms with Crippen molar-refractivity contribution in [3.8, 4) is 5.75 Å². The van der Waals surface area contributed by atoms with Crippen LogP contribution >= 0.6 is 0 Å². The second-order valence-electron chi connectivity index (χ2n) is 4.35. The van der Waals surface area contributed by atoms with E-state index in [1.54, 1.807) is 6.07 Å². The summed E-state index contributed by atoms with van der Waals surface area (Å²) in [5.41, 5.74) is 3.67. The molecule has 1 N–H and O–H groups in total. The van der Waals surface area contributed by atoms with Crippen LogP contribution in [-0.4, -0.2) is 11.4 Å². The summed E-state index contributed by atoms with van der Waals surface area (Å²) in [5.74, 6) is -0.0549. The lowest BCUT2D eigenvalue weighted by molar-refractivity contribution is 0.112. The highest BCUT2D eigenvalue weighted by atomic mass is 16.3. The second kappa shape index (κ2) is 5.44. The zero-order valence-corrected chi connectivity index (χ0v) is 10.8. The molecule has 0 spiro atoms. The minimum atomic E-state index is -0.0549. The van der Waals surface area contributed by atoms with Crippen molar-refractivity contribution in [2.75, 3.05) is 0 Å². The molecule has 0 aliphatic heterocycles. The van der Waals surface area contributed by atoms with Gasteiger partial charge in [-0.1, -0.05) is 12.1 Å². The molecule has 0 bridgehead atoms. The molecule has 0 aromatic heterocycles. The van der Waals surface area contributed by atoms with Crippen LogP contribution in [0.3, 0.4) is 0 Å². The number of phenols is 1. The van der Waals surface area contributed by atoms with Crippen molar-refractivity contribution in [1.82, 2.24) is 0 Å². The molecule has 2 rings (SSSR count). The first-order valence-electron chi connectivity index (χ1n) is 5.87. The summed E-state index contributed by atoms with van der Waals surface area (Å²) in [7, 11) is 0. The smallest absolute Gasteiger partial charge is 0.153 e. The Morgan fingerprint density at radius 2 is 1.84 bits per heavy atom. The fourth-order valence-electron chi connectivity index (χ4n) is 1.64. The number of benzene rings is 2. The summed E-state index contributed by atoms with van der Waals surface area (Å²) in [6, 6.07) is 10.5. The van der Waals surface area contributed by atoms with Crippen LogP contribution in [0.2, 0.25) is 0 Å². The van der Waals surface area contributed by atoms with Gasteiger partial charge in [-0.15, -0.1) is 0 Å². The summed E-state index contributed by atoms with van der Waals surface area (Å²) in [5, 5.41) is 17.6. The third-order valence-electron chi connectivity index (χ3n) is 2.78. The van der Waals surface area contributed by atoms with Gasteiger partial charge in [-0.2, -0.15) is 10.2 Å². The number of rotatable bonds is 3. The van der Waals surface area contributed by atoms with Gasteiger partial charge < -0.3 is 5.11 Å². The molecular formula is C15H14N2O2. The van der Waals surface area contributed by atoms with Crippen LogP contribution < -0.4 is 0 Å². The highest BCUT2D eigenvalue weighted by Gasteiger charge is 2.01. The largest absolute Gasteiger partial charge is 0.507 e. The van der Waals surface area contributed by atoms with E-state index in [-0.39, 0.29) is 11.3 Å². The predicted molar refractivity (Wildman–Crippen MR) is 73.6 cm³/mol. The first kappa shape index (κ1) is 13.0. The van der Waals surface area contributed by atoms with Crippen LogP contribution in [0.4, 0.5) is 11.4 Å². The van der Waals surface area contributed by atoms with Gasteiger partial charge in [-0.05, 0) is 49.2 Å². The van der Waals surface area contributed by atoms with Crippen LogP contribution in [-0.2, 0) is 0 Å². The molecule has 19 heavy (non-hydrogen) atoms. The molecule has 0 heterocycles. The maximum Gasteiger partial charge on any atom is 0.153 e. The number of aryl methyl sites for hydroxylation is 2. The average molecular weight is 254 g/mol. The van der Waals surface area contributed by atoms with Gasteiger partial charge in [0.25, 0.3) is 0 Å². The van der Waals surface area contributed by atoms with Crippen LogP contribution in [0.1, 0.15) is 21.5 Å². The Hall–Kier alpha value is -2.49. The molecule has 0 radical (unpaired) electrons. The van der Waals surface area contributed by atoms with E-state index in [9.17, 15) is 9.90 Å². The first-order chi connectivity index (χ1) is 9.10. The molecule has 4 nitrogen and oxygen atoms in total. The third-order valence-corrected chi connectivity index (χ3v) is 2.78. The van der Waals surface area contributed by atoms with Crippen LogP contribution in [0.15, 0.2) is 46.6 Å². The number of hydrogen-bond acceptors (Lipinski definition) is 4. The van der Waals surface area contributed by atoms with Crippen molar-refractivity contribution in [2.24, 2.45) is 10.2 Å². The van der Waals surface area contributed by atoms with Crippen molar-refractivity contribution in [3.05, 3.63) is 53.1 Å². The zero-order chi connectivity index (χ0) is 13.8. The molecule has 0 saturated heterocycles. The molecule has 0 amide bonds. The molecule has 96 valence electrons. The summed E-state index contributed by atoms with van der Waals surface area (Å²) in [4.78, 5) is 10.7. The highest BCUT2D eigenvalue weighted by molar-refractivity contribution is 5.80. The zero-order valence-electron chi connectivity index (χ0n) is 10.8. The maximum atomic E-state index is 10.7. The number of nitrogens with zero attached hydrogens (tertiary/aromatic N) is 2. The molecule has 0 aliphatic rings. The summed E-state index contributed by atoms with van der Waals surface area (Å²) >= 11 is 0. The summed E-state index contributed by atoms with van der Waals surface area (Å²) in [6.07, 6.45) is 0.590. The van der Waals surface area contributed by atoms with Gasteiger partial charge in [0.2, 0.25) is 0 Å². The number of hydrogen-bond donors (Lipinski definition) is 1. The quantitative estimate of drug-likeness (QED) is 0.657. The molecule has 0 atom stereocenters. The van der Waals surface area contributed by atoms with Gasteiger partial charge in [0.05, 0.1) is 16.9 Å². The van der Waals surface area contributed by atoms with Crippen molar-refractivity contribution < 1.29 is 9.90 Å². The van der Waals surface area contributed by atoms with E-state index in [0.717, 1.165) is 16.8 Å². The summed E-state index contributed by atoms with van der Waals surface area (Å²) in [6.45, 7) is 3.95. The SMILES string of the molecule is Cc1ccc(C)c(N=Nc2ccc(O)c(C=O)c2)c1. The fourth-order valence-corrected chi connectivity index (χ4v) is 1.64. The van der Waals surface area contributed by atoms with Gasteiger partial charge in [0, 0.05) is 0 Å². The Morgan fingerprint density at radius 1 is 1.05 bits per heavy atom. The van der Waals surface area contributed by atoms with Gasteiger partial charge >= 0.3 is 0 Å². The van der Waals surface area contributed by atoms with Gasteiger partial charge in [-0.3, -0.25) is 4.79 Å². The predicted octanol–water partition coefficient (Wildman–Crippen LogP) is 4.24. The van der Waals surface area contributed by atoms with Crippen LogP contribution in [0.5, 0.6) is 5.75 Å². The average Bonchev–Trinajstić information content (AvgIpc) is 2.41. The minimum absolute atomic E-state index is 0.0549. The van der Waals surface area contributed by atoms with E-state index >= 15 is 0 Å². The van der Waals surface area contributed by atoms with E-state index in [4.69, 9.17) is 0 Å². The highest BCUT2D eigenvalue weighted by Crippen LogP contribution is 2.25. The molecule has 0 saturated carbocycles. The van der Waals surface area contributed by atoms with E-state index in [1.165, 1.54) is 12.1 Å². The maximum absolute atomic E-state index is 10.7. The van der Waals surface area contributed by atoms with Gasteiger partial charge in [-0.25, -0.2) is 0 Å². The molecule has 2 aromatic rings. The Labute approximate surface area is 111 Å². The van der Waals surface area contributed by atoms with Crippen molar-refractivity contribution in [1.29, 1.82) is 0 Å². The van der Waals surface area contributed by atoms with E-state index < -0.39 is 0 Å². The topological polar surface area (TPSA) is 62.0 Å².